The van der Waals surface area contributed by atoms with Crippen LogP contribution in [0.25, 0.3) is 0 Å². The summed E-state index contributed by atoms with van der Waals surface area (Å²) in [5, 5.41) is 2.84. The van der Waals surface area contributed by atoms with Gasteiger partial charge in [-0.3, -0.25) is 4.79 Å². The summed E-state index contributed by atoms with van der Waals surface area (Å²) >= 11 is 1.68. The molecule has 22 heavy (non-hydrogen) atoms. The third-order valence-electron chi connectivity index (χ3n) is 3.12. The molecule has 0 aliphatic heterocycles. The minimum atomic E-state index is -0.222. The van der Waals surface area contributed by atoms with E-state index in [4.69, 9.17) is 4.42 Å². The van der Waals surface area contributed by atoms with Crippen LogP contribution in [0.2, 0.25) is 0 Å². The molecule has 0 radical (unpaired) electrons. The summed E-state index contributed by atoms with van der Waals surface area (Å²) in [4.78, 5) is 13.5. The first kappa shape index (κ1) is 14.5. The molecular formula is C18H15NO2S. The molecule has 0 saturated heterocycles. The zero-order valence-corrected chi connectivity index (χ0v) is 12.7. The second-order valence-corrected chi connectivity index (χ2v) is 5.75. The van der Waals surface area contributed by atoms with Crippen molar-refractivity contribution >= 4 is 23.4 Å². The van der Waals surface area contributed by atoms with Crippen molar-refractivity contribution in [2.75, 3.05) is 5.32 Å². The van der Waals surface area contributed by atoms with Crippen molar-refractivity contribution in [1.82, 2.24) is 0 Å². The van der Waals surface area contributed by atoms with Gasteiger partial charge in [0.25, 0.3) is 5.91 Å². The van der Waals surface area contributed by atoms with Crippen LogP contribution in [0.3, 0.4) is 0 Å². The number of rotatable bonds is 5. The molecule has 0 bridgehead atoms. The van der Waals surface area contributed by atoms with Crippen LogP contribution in [0, 0.1) is 0 Å². The zero-order chi connectivity index (χ0) is 15.2. The number of hydrogen-bond donors (Lipinski definition) is 1. The summed E-state index contributed by atoms with van der Waals surface area (Å²) in [6, 6.07) is 21.3. The third-order valence-corrected chi connectivity index (χ3v) is 4.18. The van der Waals surface area contributed by atoms with E-state index < -0.39 is 0 Å². The number of carbonyl (C=O) groups excluding carboxylic acids is 1. The van der Waals surface area contributed by atoms with E-state index in [-0.39, 0.29) is 5.91 Å². The average Bonchev–Trinajstić information content (AvgIpc) is 3.03. The minimum absolute atomic E-state index is 0.222. The standard InChI is InChI=1S/C18H15NO2S/c20-18(19-15-7-3-1-4-8-15)17-14(11-12-21-17)13-22-16-9-5-2-6-10-16/h1-12H,13H2,(H,19,20). The van der Waals surface area contributed by atoms with E-state index >= 15 is 0 Å². The molecule has 1 heterocycles. The molecule has 0 aliphatic carbocycles. The average molecular weight is 309 g/mol. The summed E-state index contributed by atoms with van der Waals surface area (Å²) in [5.74, 6) is 0.838. The van der Waals surface area contributed by atoms with Crippen LogP contribution in [0.5, 0.6) is 0 Å². The smallest absolute Gasteiger partial charge is 0.291 e. The van der Waals surface area contributed by atoms with Gasteiger partial charge in [-0.1, -0.05) is 36.4 Å². The monoisotopic (exact) mass is 309 g/mol. The van der Waals surface area contributed by atoms with Crippen molar-refractivity contribution in [1.29, 1.82) is 0 Å². The number of nitrogens with one attached hydrogen (secondary N) is 1. The molecule has 0 aliphatic rings. The van der Waals surface area contributed by atoms with Gasteiger partial charge in [0, 0.05) is 21.9 Å². The van der Waals surface area contributed by atoms with Crippen molar-refractivity contribution in [3.63, 3.8) is 0 Å². The minimum Gasteiger partial charge on any atom is -0.459 e. The van der Waals surface area contributed by atoms with Gasteiger partial charge in [0.2, 0.25) is 0 Å². The van der Waals surface area contributed by atoms with Crippen molar-refractivity contribution < 1.29 is 9.21 Å². The Morgan fingerprint density at radius 1 is 0.955 bits per heavy atom. The van der Waals surface area contributed by atoms with E-state index in [0.29, 0.717) is 11.5 Å². The molecule has 0 unspecified atom stereocenters. The molecule has 0 saturated carbocycles. The van der Waals surface area contributed by atoms with Crippen molar-refractivity contribution in [3.8, 4) is 0 Å². The van der Waals surface area contributed by atoms with E-state index in [1.807, 2.05) is 54.6 Å². The van der Waals surface area contributed by atoms with Gasteiger partial charge >= 0.3 is 0 Å². The number of para-hydroxylation sites is 1. The molecule has 3 rings (SSSR count). The fraction of sp³-hybridized carbons (Fsp3) is 0.0556. The van der Waals surface area contributed by atoms with Gasteiger partial charge in [-0.05, 0) is 30.3 Å². The van der Waals surface area contributed by atoms with E-state index in [1.165, 1.54) is 0 Å². The molecule has 1 amide bonds. The van der Waals surface area contributed by atoms with Gasteiger partial charge in [0.15, 0.2) is 5.76 Å². The number of benzene rings is 2. The van der Waals surface area contributed by atoms with Crippen LogP contribution in [0.4, 0.5) is 5.69 Å². The number of carbonyl (C=O) groups is 1. The Labute approximate surface area is 133 Å². The molecule has 4 heteroatoms. The topological polar surface area (TPSA) is 42.2 Å². The summed E-state index contributed by atoms with van der Waals surface area (Å²) in [6.45, 7) is 0. The van der Waals surface area contributed by atoms with Gasteiger partial charge in [0.1, 0.15) is 0 Å². The summed E-state index contributed by atoms with van der Waals surface area (Å²) in [6.07, 6.45) is 1.56. The Kier molecular flexibility index (Phi) is 4.61. The van der Waals surface area contributed by atoms with Crippen LogP contribution < -0.4 is 5.32 Å². The number of hydrogen-bond acceptors (Lipinski definition) is 3. The van der Waals surface area contributed by atoms with Crippen LogP contribution in [-0.4, -0.2) is 5.91 Å². The molecule has 110 valence electrons. The van der Waals surface area contributed by atoms with Crippen molar-refractivity contribution in [2.24, 2.45) is 0 Å². The zero-order valence-electron chi connectivity index (χ0n) is 11.9. The van der Waals surface area contributed by atoms with Gasteiger partial charge in [-0.15, -0.1) is 11.8 Å². The maximum absolute atomic E-state index is 12.3. The maximum Gasteiger partial charge on any atom is 0.291 e. The lowest BCUT2D eigenvalue weighted by atomic mass is 10.2. The lowest BCUT2D eigenvalue weighted by Gasteiger charge is -2.05. The molecule has 3 nitrogen and oxygen atoms in total. The second-order valence-electron chi connectivity index (χ2n) is 4.70. The van der Waals surface area contributed by atoms with E-state index in [1.54, 1.807) is 18.0 Å². The number of amides is 1. The molecule has 1 N–H and O–H groups in total. The molecule has 3 aromatic rings. The maximum atomic E-state index is 12.3. The predicted octanol–water partition coefficient (Wildman–Crippen LogP) is 4.82. The third kappa shape index (κ3) is 3.59. The van der Waals surface area contributed by atoms with Crippen molar-refractivity contribution in [2.45, 2.75) is 10.6 Å². The first-order chi connectivity index (χ1) is 10.8. The highest BCUT2D eigenvalue weighted by atomic mass is 32.2. The number of furan rings is 1. The summed E-state index contributed by atoms with van der Waals surface area (Å²) < 4.78 is 5.36. The van der Waals surface area contributed by atoms with Crippen LogP contribution in [0.15, 0.2) is 82.3 Å². The molecule has 0 atom stereocenters. The van der Waals surface area contributed by atoms with E-state index in [2.05, 4.69) is 17.4 Å². The van der Waals surface area contributed by atoms with Gasteiger partial charge in [0.05, 0.1) is 6.26 Å². The highest BCUT2D eigenvalue weighted by Gasteiger charge is 2.15. The Bertz CT molecular complexity index is 738. The molecular weight excluding hydrogens is 294 g/mol. The predicted molar refractivity (Wildman–Crippen MR) is 89.1 cm³/mol. The highest BCUT2D eigenvalue weighted by Crippen LogP contribution is 2.25. The Morgan fingerprint density at radius 2 is 1.64 bits per heavy atom. The highest BCUT2D eigenvalue weighted by molar-refractivity contribution is 7.98. The first-order valence-corrected chi connectivity index (χ1v) is 7.92. The lowest BCUT2D eigenvalue weighted by molar-refractivity contribution is 0.0996. The van der Waals surface area contributed by atoms with Crippen LogP contribution >= 0.6 is 11.8 Å². The largest absolute Gasteiger partial charge is 0.459 e. The van der Waals surface area contributed by atoms with E-state index in [9.17, 15) is 4.79 Å². The quantitative estimate of drug-likeness (QED) is 0.687. The lowest BCUT2D eigenvalue weighted by Crippen LogP contribution is -2.12. The van der Waals surface area contributed by atoms with Gasteiger partial charge in [-0.2, -0.15) is 0 Å². The van der Waals surface area contributed by atoms with Gasteiger partial charge in [-0.25, -0.2) is 0 Å². The molecule has 2 aromatic carbocycles. The first-order valence-electron chi connectivity index (χ1n) is 6.93. The fourth-order valence-corrected chi connectivity index (χ4v) is 2.93. The van der Waals surface area contributed by atoms with Gasteiger partial charge < -0.3 is 9.73 Å². The Hall–Kier alpha value is -2.46. The number of anilines is 1. The second kappa shape index (κ2) is 7.00. The van der Waals surface area contributed by atoms with Crippen LogP contribution in [-0.2, 0) is 5.75 Å². The molecule has 0 fully saturated rings. The Balaban J connectivity index is 1.68. The summed E-state index contributed by atoms with van der Waals surface area (Å²) in [7, 11) is 0. The fourth-order valence-electron chi connectivity index (χ4n) is 2.04. The number of thioether (sulfide) groups is 1. The molecule has 1 aromatic heterocycles. The SMILES string of the molecule is O=C(Nc1ccccc1)c1occc1CSc1ccccc1. The Morgan fingerprint density at radius 3 is 2.36 bits per heavy atom. The summed E-state index contributed by atoms with van der Waals surface area (Å²) in [5.41, 5.74) is 1.65. The normalized spacial score (nSPS) is 10.4. The van der Waals surface area contributed by atoms with E-state index in [0.717, 1.165) is 16.1 Å². The van der Waals surface area contributed by atoms with Crippen molar-refractivity contribution in [3.05, 3.63) is 84.3 Å². The molecule has 0 spiro atoms. The van der Waals surface area contributed by atoms with Crippen LogP contribution in [0.1, 0.15) is 16.1 Å².